The number of hydrogen-bond donors (Lipinski definition) is 1. The Hall–Kier alpha value is -2.52. The Kier molecular flexibility index (Phi) is 5.02. The van der Waals surface area contributed by atoms with Gasteiger partial charge < -0.3 is 10.2 Å². The summed E-state index contributed by atoms with van der Waals surface area (Å²) in [5, 5.41) is 12.2. The number of hydrogen-bond acceptors (Lipinski definition) is 4. The third-order valence-electron chi connectivity index (χ3n) is 4.20. The maximum atomic E-state index is 13.5. The minimum absolute atomic E-state index is 0.234. The van der Waals surface area contributed by atoms with Crippen molar-refractivity contribution in [3.8, 4) is 6.07 Å². The topological polar surface area (TPSA) is 52.0 Å². The highest BCUT2D eigenvalue weighted by Crippen LogP contribution is 2.23. The molecular weight excluding hydrogens is 310 g/mol. The summed E-state index contributed by atoms with van der Waals surface area (Å²) in [5.74, 6) is -0.448. The highest BCUT2D eigenvalue weighted by molar-refractivity contribution is 5.44. The fourth-order valence-electron chi connectivity index (χ4n) is 3.04. The Morgan fingerprint density at radius 2 is 1.88 bits per heavy atom. The number of halogens is 2. The molecule has 2 heterocycles. The van der Waals surface area contributed by atoms with Gasteiger partial charge in [0, 0.05) is 24.8 Å². The van der Waals surface area contributed by atoms with Crippen LogP contribution in [0.2, 0.25) is 0 Å². The van der Waals surface area contributed by atoms with Gasteiger partial charge in [-0.2, -0.15) is 5.26 Å². The molecule has 0 aliphatic carbocycles. The molecule has 1 N–H and O–H groups in total. The minimum atomic E-state index is -0.581. The van der Waals surface area contributed by atoms with Crippen molar-refractivity contribution in [1.29, 1.82) is 5.26 Å². The molecule has 0 atom stereocenters. The molecule has 1 aliphatic heterocycles. The first kappa shape index (κ1) is 16.3. The molecule has 0 amide bonds. The predicted octanol–water partition coefficient (Wildman–Crippen LogP) is 2.99. The lowest BCUT2D eigenvalue weighted by Crippen LogP contribution is -2.43. The van der Waals surface area contributed by atoms with Crippen molar-refractivity contribution in [3.05, 3.63) is 59.3 Å². The van der Waals surface area contributed by atoms with Gasteiger partial charge in [0.15, 0.2) is 0 Å². The van der Waals surface area contributed by atoms with Crippen LogP contribution in [-0.4, -0.2) is 24.1 Å². The fraction of sp³-hybridized carbons (Fsp3) is 0.333. The van der Waals surface area contributed by atoms with Crippen molar-refractivity contribution < 1.29 is 8.78 Å². The molecule has 1 aliphatic rings. The summed E-state index contributed by atoms with van der Waals surface area (Å²) >= 11 is 0. The Morgan fingerprint density at radius 1 is 1.17 bits per heavy atom. The SMILES string of the molecule is N#Cc1ccc(N(Cc2cc(F)cc(F)c2)C2CCNCC2)nc1. The second-order valence-electron chi connectivity index (χ2n) is 5.90. The third-order valence-corrected chi connectivity index (χ3v) is 4.20. The number of piperidine rings is 1. The molecule has 2 aromatic rings. The van der Waals surface area contributed by atoms with Gasteiger partial charge in [-0.05, 0) is 55.8 Å². The molecule has 24 heavy (non-hydrogen) atoms. The number of rotatable bonds is 4. The van der Waals surface area contributed by atoms with Gasteiger partial charge in [0.05, 0.1) is 5.56 Å². The van der Waals surface area contributed by atoms with Crippen LogP contribution in [0.15, 0.2) is 36.5 Å². The quantitative estimate of drug-likeness (QED) is 0.937. The van der Waals surface area contributed by atoms with Gasteiger partial charge in [-0.15, -0.1) is 0 Å². The largest absolute Gasteiger partial charge is 0.349 e. The van der Waals surface area contributed by atoms with Crippen molar-refractivity contribution in [1.82, 2.24) is 10.3 Å². The molecule has 6 heteroatoms. The highest BCUT2D eigenvalue weighted by atomic mass is 19.1. The second-order valence-corrected chi connectivity index (χ2v) is 5.90. The zero-order chi connectivity index (χ0) is 16.9. The predicted molar refractivity (Wildman–Crippen MR) is 87.4 cm³/mol. The van der Waals surface area contributed by atoms with E-state index >= 15 is 0 Å². The van der Waals surface area contributed by atoms with Crippen molar-refractivity contribution in [2.45, 2.75) is 25.4 Å². The van der Waals surface area contributed by atoms with E-state index < -0.39 is 11.6 Å². The summed E-state index contributed by atoms with van der Waals surface area (Å²) in [4.78, 5) is 6.43. The number of nitrogens with zero attached hydrogens (tertiary/aromatic N) is 3. The first-order chi connectivity index (χ1) is 11.7. The summed E-state index contributed by atoms with van der Waals surface area (Å²) in [6, 6.07) is 9.35. The molecule has 0 radical (unpaired) electrons. The zero-order valence-electron chi connectivity index (χ0n) is 13.2. The lowest BCUT2D eigenvalue weighted by molar-refractivity contribution is 0.425. The molecule has 0 bridgehead atoms. The first-order valence-corrected chi connectivity index (χ1v) is 7.94. The number of benzene rings is 1. The standard InChI is InChI=1S/C18H18F2N4/c19-15-7-14(8-16(20)9-15)12-24(17-3-5-22-6-4-17)18-2-1-13(10-21)11-23-18/h1-2,7-9,11,17,22H,3-6,12H2. The number of anilines is 1. The van der Waals surface area contributed by atoms with Gasteiger partial charge in [-0.3, -0.25) is 0 Å². The summed E-state index contributed by atoms with van der Waals surface area (Å²) in [7, 11) is 0. The number of nitrogens with one attached hydrogen (secondary N) is 1. The van der Waals surface area contributed by atoms with Gasteiger partial charge in [-0.1, -0.05) is 0 Å². The normalized spacial score (nSPS) is 15.0. The first-order valence-electron chi connectivity index (χ1n) is 7.94. The van der Waals surface area contributed by atoms with Crippen LogP contribution in [0.4, 0.5) is 14.6 Å². The Bertz CT molecular complexity index is 713. The molecular formula is C18H18F2N4. The summed E-state index contributed by atoms with van der Waals surface area (Å²) in [6.45, 7) is 2.17. The van der Waals surface area contributed by atoms with Crippen molar-refractivity contribution in [2.75, 3.05) is 18.0 Å². The molecule has 0 unspecified atom stereocenters. The Morgan fingerprint density at radius 3 is 2.46 bits per heavy atom. The van der Waals surface area contributed by atoms with E-state index in [2.05, 4.69) is 15.2 Å². The number of aromatic nitrogens is 1. The average molecular weight is 328 g/mol. The van der Waals surface area contributed by atoms with E-state index in [1.807, 2.05) is 6.07 Å². The van der Waals surface area contributed by atoms with Gasteiger partial charge >= 0.3 is 0 Å². The van der Waals surface area contributed by atoms with Crippen LogP contribution < -0.4 is 10.2 Å². The van der Waals surface area contributed by atoms with Gasteiger partial charge in [-0.25, -0.2) is 13.8 Å². The van der Waals surface area contributed by atoms with Crippen LogP contribution in [0.3, 0.4) is 0 Å². The van der Waals surface area contributed by atoms with Crippen LogP contribution >= 0.6 is 0 Å². The monoisotopic (exact) mass is 328 g/mol. The third kappa shape index (κ3) is 3.87. The van der Waals surface area contributed by atoms with E-state index in [1.165, 1.54) is 18.3 Å². The van der Waals surface area contributed by atoms with Crippen LogP contribution in [0, 0.1) is 23.0 Å². The second kappa shape index (κ2) is 7.37. The fourth-order valence-corrected chi connectivity index (χ4v) is 3.04. The maximum Gasteiger partial charge on any atom is 0.129 e. The molecule has 1 aromatic heterocycles. The Labute approximate surface area is 139 Å². The maximum absolute atomic E-state index is 13.5. The smallest absolute Gasteiger partial charge is 0.129 e. The summed E-state index contributed by atoms with van der Waals surface area (Å²) in [5.41, 5.74) is 1.05. The minimum Gasteiger partial charge on any atom is -0.349 e. The molecule has 124 valence electrons. The Balaban J connectivity index is 1.90. The number of pyridine rings is 1. The molecule has 3 rings (SSSR count). The van der Waals surface area contributed by atoms with E-state index in [-0.39, 0.29) is 6.04 Å². The van der Waals surface area contributed by atoms with Gasteiger partial charge in [0.2, 0.25) is 0 Å². The van der Waals surface area contributed by atoms with E-state index in [4.69, 9.17) is 5.26 Å². The molecule has 0 spiro atoms. The van der Waals surface area contributed by atoms with Crippen molar-refractivity contribution in [2.24, 2.45) is 0 Å². The lowest BCUT2D eigenvalue weighted by atomic mass is 10.0. The zero-order valence-corrected chi connectivity index (χ0v) is 13.2. The van der Waals surface area contributed by atoms with E-state index in [0.29, 0.717) is 23.5 Å². The van der Waals surface area contributed by atoms with Crippen LogP contribution in [0.25, 0.3) is 0 Å². The van der Waals surface area contributed by atoms with Crippen LogP contribution in [-0.2, 0) is 6.54 Å². The summed E-state index contributed by atoms with van der Waals surface area (Å²) in [6.07, 6.45) is 3.38. The molecule has 1 fully saturated rings. The molecule has 4 nitrogen and oxygen atoms in total. The highest BCUT2D eigenvalue weighted by Gasteiger charge is 2.23. The molecule has 0 saturated carbocycles. The molecule has 1 saturated heterocycles. The van der Waals surface area contributed by atoms with Crippen molar-refractivity contribution in [3.63, 3.8) is 0 Å². The summed E-state index contributed by atoms with van der Waals surface area (Å²) < 4.78 is 27.0. The van der Waals surface area contributed by atoms with Gasteiger partial charge in [0.1, 0.15) is 23.5 Å². The van der Waals surface area contributed by atoms with Crippen molar-refractivity contribution >= 4 is 5.82 Å². The van der Waals surface area contributed by atoms with E-state index in [1.54, 1.807) is 12.1 Å². The molecule has 1 aromatic carbocycles. The van der Waals surface area contributed by atoms with Gasteiger partial charge in [0.25, 0.3) is 0 Å². The lowest BCUT2D eigenvalue weighted by Gasteiger charge is -2.35. The average Bonchev–Trinajstić information content (AvgIpc) is 2.60. The number of nitriles is 1. The van der Waals surface area contributed by atoms with Crippen LogP contribution in [0.1, 0.15) is 24.0 Å². The van der Waals surface area contributed by atoms with E-state index in [0.717, 1.165) is 32.0 Å². The van der Waals surface area contributed by atoms with Crippen LogP contribution in [0.5, 0.6) is 0 Å². The van der Waals surface area contributed by atoms with E-state index in [9.17, 15) is 8.78 Å².